The molecule has 0 atom stereocenters. The van der Waals surface area contributed by atoms with E-state index in [0.29, 0.717) is 27.2 Å². The molecule has 3 rings (SSSR count). The molecule has 0 spiro atoms. The van der Waals surface area contributed by atoms with Gasteiger partial charge in [0.15, 0.2) is 5.60 Å². The fraction of sp³-hybridized carbons (Fsp3) is 0.172. The molecule has 0 aromatic heterocycles. The first-order chi connectivity index (χ1) is 17.6. The quantitative estimate of drug-likeness (QED) is 0.341. The Labute approximate surface area is 224 Å². The first kappa shape index (κ1) is 27.2. The summed E-state index contributed by atoms with van der Waals surface area (Å²) in [4.78, 5) is 28.8. The number of amides is 2. The highest BCUT2D eigenvalue weighted by molar-refractivity contribution is 9.10. The summed E-state index contributed by atoms with van der Waals surface area (Å²) in [6.07, 6.45) is 3.11. The van der Waals surface area contributed by atoms with Crippen molar-refractivity contribution in [3.63, 3.8) is 0 Å². The van der Waals surface area contributed by atoms with Gasteiger partial charge in [-0.3, -0.25) is 14.5 Å². The summed E-state index contributed by atoms with van der Waals surface area (Å²) >= 11 is 3.47. The highest BCUT2D eigenvalue weighted by Crippen LogP contribution is 2.36. The Bertz CT molecular complexity index is 1390. The summed E-state index contributed by atoms with van der Waals surface area (Å²) in [5.74, 6) is -0.253. The number of nitrogens with zero attached hydrogens (tertiary/aromatic N) is 4. The van der Waals surface area contributed by atoms with E-state index in [-0.39, 0.29) is 17.0 Å². The molecule has 0 saturated heterocycles. The number of hydrogen-bond donors (Lipinski definition) is 0. The van der Waals surface area contributed by atoms with E-state index in [0.717, 1.165) is 0 Å². The molecule has 37 heavy (non-hydrogen) atoms. The van der Waals surface area contributed by atoms with Crippen LogP contribution in [0, 0.1) is 22.7 Å². The average Bonchev–Trinajstić information content (AvgIpc) is 2.89. The number of rotatable bonds is 7. The van der Waals surface area contributed by atoms with E-state index < -0.39 is 11.5 Å². The number of carbonyl (C=O) groups excluding carboxylic acids is 2. The lowest BCUT2D eigenvalue weighted by Crippen LogP contribution is -2.47. The normalized spacial score (nSPS) is 10.9. The van der Waals surface area contributed by atoms with Crippen molar-refractivity contribution in [3.05, 3.63) is 94.0 Å². The highest BCUT2D eigenvalue weighted by Gasteiger charge is 2.38. The summed E-state index contributed by atoms with van der Waals surface area (Å²) < 4.78 is 6.84. The van der Waals surface area contributed by atoms with E-state index in [1.165, 1.54) is 15.9 Å². The van der Waals surface area contributed by atoms with Crippen LogP contribution in [0.2, 0.25) is 0 Å². The van der Waals surface area contributed by atoms with Crippen molar-refractivity contribution in [1.29, 1.82) is 10.5 Å². The van der Waals surface area contributed by atoms with Gasteiger partial charge in [-0.25, -0.2) is 0 Å². The van der Waals surface area contributed by atoms with Gasteiger partial charge in [0.05, 0.1) is 27.0 Å². The molecule has 0 radical (unpaired) electrons. The van der Waals surface area contributed by atoms with Crippen LogP contribution >= 0.6 is 15.9 Å². The van der Waals surface area contributed by atoms with Gasteiger partial charge >= 0.3 is 0 Å². The Morgan fingerprint density at radius 2 is 1.46 bits per heavy atom. The second kappa shape index (κ2) is 11.6. The predicted octanol–water partition coefficient (Wildman–Crippen LogP) is 5.82. The zero-order valence-electron chi connectivity index (χ0n) is 20.9. The molecule has 3 aromatic rings. The van der Waals surface area contributed by atoms with Crippen molar-refractivity contribution >= 4 is 45.2 Å². The molecule has 0 aliphatic carbocycles. The highest BCUT2D eigenvalue weighted by atomic mass is 79.9. The first-order valence-electron chi connectivity index (χ1n) is 11.3. The van der Waals surface area contributed by atoms with Gasteiger partial charge in [-0.1, -0.05) is 30.3 Å². The number of ether oxygens (including phenoxy) is 1. The molecule has 7 nitrogen and oxygen atoms in total. The molecule has 3 aromatic carbocycles. The van der Waals surface area contributed by atoms with E-state index in [1.54, 1.807) is 94.7 Å². The van der Waals surface area contributed by atoms with Gasteiger partial charge in [-0.05, 0) is 77.8 Å². The minimum absolute atomic E-state index is 0.163. The van der Waals surface area contributed by atoms with E-state index in [9.17, 15) is 20.1 Å². The minimum atomic E-state index is -1.42. The van der Waals surface area contributed by atoms with Gasteiger partial charge in [-0.15, -0.1) is 0 Å². The van der Waals surface area contributed by atoms with E-state index >= 15 is 0 Å². The average molecular weight is 557 g/mol. The summed E-state index contributed by atoms with van der Waals surface area (Å²) in [7, 11) is 3.33. The Hall–Kier alpha value is -4.40. The Balaban J connectivity index is 2.06. The molecule has 0 bridgehead atoms. The Morgan fingerprint density at radius 3 is 1.97 bits per heavy atom. The van der Waals surface area contributed by atoms with Gasteiger partial charge in [-0.2, -0.15) is 10.5 Å². The third-order valence-corrected chi connectivity index (χ3v) is 6.08. The Morgan fingerprint density at radius 1 is 0.919 bits per heavy atom. The maximum atomic E-state index is 14.1. The predicted molar refractivity (Wildman–Crippen MR) is 146 cm³/mol. The smallest absolute Gasteiger partial charge is 0.275 e. The fourth-order valence-electron chi connectivity index (χ4n) is 3.48. The molecule has 0 unspecified atom stereocenters. The maximum Gasteiger partial charge on any atom is 0.275 e. The topological polar surface area (TPSA) is 97.4 Å². The van der Waals surface area contributed by atoms with Crippen LogP contribution in [0.5, 0.6) is 5.75 Å². The van der Waals surface area contributed by atoms with Crippen molar-refractivity contribution < 1.29 is 14.3 Å². The maximum absolute atomic E-state index is 14.1. The van der Waals surface area contributed by atoms with E-state index in [4.69, 9.17) is 4.74 Å². The molecule has 0 saturated carbocycles. The second-order valence-corrected chi connectivity index (χ2v) is 9.62. The Kier molecular flexibility index (Phi) is 8.49. The molecule has 0 fully saturated rings. The minimum Gasteiger partial charge on any atom is -0.477 e. The lowest BCUT2D eigenvalue weighted by atomic mass is 10.0. The standard InChI is InChI=1S/C29H25BrN4O3/c1-29(2,37-26-17-20(13-15-23(26)30)14-16-27(35)33(3)4)28(36)34(24-11-7-5-9-21(24)18-31)25-12-8-6-10-22(25)19-32/h5-17H,1-4H3/b16-14+. The second-order valence-electron chi connectivity index (χ2n) is 8.77. The van der Waals surface area contributed by atoms with Crippen LogP contribution in [0.4, 0.5) is 11.4 Å². The van der Waals surface area contributed by atoms with Gasteiger partial charge < -0.3 is 9.64 Å². The molecule has 0 aliphatic heterocycles. The van der Waals surface area contributed by atoms with Crippen molar-refractivity contribution in [1.82, 2.24) is 4.90 Å². The van der Waals surface area contributed by atoms with Crippen LogP contribution in [0.15, 0.2) is 77.3 Å². The summed E-state index contributed by atoms with van der Waals surface area (Å²) in [5.41, 5.74) is 0.518. The zero-order chi connectivity index (χ0) is 27.2. The molecule has 186 valence electrons. The van der Waals surface area contributed by atoms with Crippen LogP contribution in [0.25, 0.3) is 6.08 Å². The molecular formula is C29H25BrN4O3. The number of benzene rings is 3. The van der Waals surface area contributed by atoms with Crippen molar-refractivity contribution in [2.75, 3.05) is 19.0 Å². The van der Waals surface area contributed by atoms with Gasteiger partial charge in [0.25, 0.3) is 5.91 Å². The van der Waals surface area contributed by atoms with Crippen molar-refractivity contribution in [3.8, 4) is 17.9 Å². The van der Waals surface area contributed by atoms with Crippen molar-refractivity contribution in [2.24, 2.45) is 0 Å². The first-order valence-corrected chi connectivity index (χ1v) is 12.1. The van der Waals surface area contributed by atoms with E-state index in [2.05, 4.69) is 28.1 Å². The zero-order valence-corrected chi connectivity index (χ0v) is 22.5. The molecule has 0 heterocycles. The van der Waals surface area contributed by atoms with Crippen LogP contribution in [-0.4, -0.2) is 36.4 Å². The monoisotopic (exact) mass is 556 g/mol. The largest absolute Gasteiger partial charge is 0.477 e. The number of halogens is 1. The molecule has 0 N–H and O–H groups in total. The number of nitriles is 2. The third-order valence-electron chi connectivity index (χ3n) is 5.43. The van der Waals surface area contributed by atoms with Crippen LogP contribution in [-0.2, 0) is 9.59 Å². The number of carbonyl (C=O) groups is 2. The van der Waals surface area contributed by atoms with Crippen LogP contribution in [0.1, 0.15) is 30.5 Å². The van der Waals surface area contributed by atoms with Gasteiger partial charge in [0, 0.05) is 20.2 Å². The molecule has 8 heteroatoms. The van der Waals surface area contributed by atoms with Gasteiger partial charge in [0.2, 0.25) is 5.91 Å². The van der Waals surface area contributed by atoms with Crippen LogP contribution < -0.4 is 9.64 Å². The molecule has 2 amide bonds. The summed E-state index contributed by atoms with van der Waals surface area (Å²) in [5, 5.41) is 19.5. The number of hydrogen-bond acceptors (Lipinski definition) is 5. The van der Waals surface area contributed by atoms with Gasteiger partial charge in [0.1, 0.15) is 17.9 Å². The third kappa shape index (κ3) is 6.24. The fourth-order valence-corrected chi connectivity index (χ4v) is 3.81. The lowest BCUT2D eigenvalue weighted by Gasteiger charge is -2.33. The summed E-state index contributed by atoms with van der Waals surface area (Å²) in [6, 6.07) is 22.9. The molecular weight excluding hydrogens is 532 g/mol. The SMILES string of the molecule is CN(C)C(=O)/C=C/c1ccc(Br)c(OC(C)(C)C(=O)N(c2ccccc2C#N)c2ccccc2C#N)c1. The van der Waals surface area contributed by atoms with Crippen LogP contribution in [0.3, 0.4) is 0 Å². The molecule has 0 aliphatic rings. The van der Waals surface area contributed by atoms with E-state index in [1.807, 2.05) is 6.07 Å². The number of anilines is 2. The number of para-hydroxylation sites is 2. The lowest BCUT2D eigenvalue weighted by molar-refractivity contribution is -0.130. The summed E-state index contributed by atoms with van der Waals surface area (Å²) in [6.45, 7) is 3.24. The number of likely N-dealkylation sites (N-methyl/N-ethyl adjacent to an activating group) is 1. The van der Waals surface area contributed by atoms with Crippen molar-refractivity contribution in [2.45, 2.75) is 19.4 Å².